The topological polar surface area (TPSA) is 76.4 Å². The number of aliphatic imine (C=N–C) groups is 1. The highest BCUT2D eigenvalue weighted by molar-refractivity contribution is 5.77. The van der Waals surface area contributed by atoms with Gasteiger partial charge in [0.25, 0.3) is 0 Å². The fraction of sp³-hybridized carbons (Fsp3) is 0.500. The third-order valence-corrected chi connectivity index (χ3v) is 0.921. The second-order valence-electron chi connectivity index (χ2n) is 1.92. The lowest BCUT2D eigenvalue weighted by Crippen LogP contribution is -2.37. The molecule has 0 amide bonds. The van der Waals surface area contributed by atoms with E-state index in [1.807, 2.05) is 6.92 Å². The molecule has 0 aromatic rings. The quantitative estimate of drug-likeness (QED) is 0.154. The normalized spacial score (nSPS) is 13.9. The van der Waals surface area contributed by atoms with E-state index < -0.39 is 0 Å². The minimum Gasteiger partial charge on any atom is -0.369 e. The molecule has 10 heavy (non-hydrogen) atoms. The number of terminal acetylenes is 1. The highest BCUT2D eigenvalue weighted by atomic mass is 15.3. The second-order valence-corrected chi connectivity index (χ2v) is 1.92. The highest BCUT2D eigenvalue weighted by Gasteiger charge is 1.95. The first-order chi connectivity index (χ1) is 4.70. The Hall–Kier alpha value is -1.21. The van der Waals surface area contributed by atoms with Gasteiger partial charge < -0.3 is 5.73 Å². The Kier molecular flexibility index (Phi) is 4.09. The first kappa shape index (κ1) is 8.79. The summed E-state index contributed by atoms with van der Waals surface area (Å²) in [6.07, 6.45) is 5.61. The van der Waals surface area contributed by atoms with Crippen molar-refractivity contribution in [1.82, 2.24) is 5.43 Å². The average molecular weight is 140 g/mol. The van der Waals surface area contributed by atoms with Crippen LogP contribution in [0.2, 0.25) is 0 Å². The molecule has 0 saturated heterocycles. The second kappa shape index (κ2) is 4.65. The Morgan fingerprint density at radius 2 is 2.50 bits per heavy atom. The molecule has 4 heteroatoms. The van der Waals surface area contributed by atoms with Crippen LogP contribution in [0.15, 0.2) is 4.99 Å². The minimum absolute atomic E-state index is 0.0287. The summed E-state index contributed by atoms with van der Waals surface area (Å²) >= 11 is 0. The van der Waals surface area contributed by atoms with E-state index in [4.69, 9.17) is 18.0 Å². The lowest BCUT2D eigenvalue weighted by molar-refractivity contribution is 0.760. The van der Waals surface area contributed by atoms with E-state index in [1.165, 1.54) is 0 Å². The Morgan fingerprint density at radius 3 is 2.90 bits per heavy atom. The Balaban J connectivity index is 3.77. The first-order valence-electron chi connectivity index (χ1n) is 2.94. The number of hydrazine groups is 1. The molecule has 1 atom stereocenters. The largest absolute Gasteiger partial charge is 0.369 e. The molecule has 0 fully saturated rings. The van der Waals surface area contributed by atoms with Crippen molar-refractivity contribution in [3.63, 3.8) is 0 Å². The maximum Gasteiger partial charge on any atom is 0.203 e. The van der Waals surface area contributed by atoms with Crippen LogP contribution in [0.4, 0.5) is 0 Å². The lowest BCUT2D eigenvalue weighted by Gasteiger charge is -2.02. The van der Waals surface area contributed by atoms with Gasteiger partial charge in [-0.2, -0.15) is 0 Å². The van der Waals surface area contributed by atoms with Gasteiger partial charge in [-0.25, -0.2) is 10.8 Å². The van der Waals surface area contributed by atoms with Crippen molar-refractivity contribution in [2.24, 2.45) is 16.6 Å². The number of rotatable bonds is 2. The molecule has 0 heterocycles. The van der Waals surface area contributed by atoms with E-state index in [0.29, 0.717) is 6.42 Å². The van der Waals surface area contributed by atoms with Gasteiger partial charge in [-0.15, -0.1) is 12.3 Å². The number of nitrogens with two attached hydrogens (primary N) is 2. The molecule has 0 aliphatic rings. The molecule has 1 unspecified atom stereocenters. The highest BCUT2D eigenvalue weighted by Crippen LogP contribution is 1.92. The SMILES string of the molecule is C#CCC(C)N=C(N)NN. The third-order valence-electron chi connectivity index (χ3n) is 0.921. The summed E-state index contributed by atoms with van der Waals surface area (Å²) in [6, 6.07) is 0.0287. The number of hydrogen-bond donors (Lipinski definition) is 3. The van der Waals surface area contributed by atoms with Crippen LogP contribution in [-0.2, 0) is 0 Å². The van der Waals surface area contributed by atoms with Gasteiger partial charge in [0.05, 0.1) is 6.04 Å². The van der Waals surface area contributed by atoms with Crippen molar-refractivity contribution in [3.05, 3.63) is 0 Å². The van der Waals surface area contributed by atoms with E-state index in [0.717, 1.165) is 0 Å². The van der Waals surface area contributed by atoms with Gasteiger partial charge in [0.15, 0.2) is 0 Å². The monoisotopic (exact) mass is 140 g/mol. The van der Waals surface area contributed by atoms with Crippen molar-refractivity contribution < 1.29 is 0 Å². The standard InChI is InChI=1S/C6H12N4/c1-3-4-5(2)9-6(7)10-8/h1,5H,4,8H2,2H3,(H3,7,9,10). The van der Waals surface area contributed by atoms with Crippen LogP contribution in [0.5, 0.6) is 0 Å². The Morgan fingerprint density at radius 1 is 1.90 bits per heavy atom. The third kappa shape index (κ3) is 3.75. The Bertz CT molecular complexity index is 156. The van der Waals surface area contributed by atoms with Crippen LogP contribution < -0.4 is 17.0 Å². The molecule has 0 rings (SSSR count). The van der Waals surface area contributed by atoms with Crippen LogP contribution in [-0.4, -0.2) is 12.0 Å². The zero-order valence-electron chi connectivity index (χ0n) is 5.96. The van der Waals surface area contributed by atoms with E-state index in [9.17, 15) is 0 Å². The molecular weight excluding hydrogens is 128 g/mol. The van der Waals surface area contributed by atoms with Crippen LogP contribution in [0, 0.1) is 12.3 Å². The molecule has 0 radical (unpaired) electrons. The summed E-state index contributed by atoms with van der Waals surface area (Å²) < 4.78 is 0. The van der Waals surface area contributed by atoms with Crippen molar-refractivity contribution in [3.8, 4) is 12.3 Å². The first-order valence-corrected chi connectivity index (χ1v) is 2.94. The number of nitrogens with one attached hydrogen (secondary N) is 1. The van der Waals surface area contributed by atoms with Crippen molar-refractivity contribution in [2.45, 2.75) is 19.4 Å². The molecule has 4 nitrogen and oxygen atoms in total. The molecule has 0 aliphatic carbocycles. The van der Waals surface area contributed by atoms with Crippen molar-refractivity contribution in [2.75, 3.05) is 0 Å². The van der Waals surface area contributed by atoms with E-state index >= 15 is 0 Å². The van der Waals surface area contributed by atoms with Crippen LogP contribution in [0.1, 0.15) is 13.3 Å². The molecule has 0 bridgehead atoms. The number of hydrogen-bond acceptors (Lipinski definition) is 2. The van der Waals surface area contributed by atoms with E-state index in [1.54, 1.807) is 0 Å². The lowest BCUT2D eigenvalue weighted by atomic mass is 10.3. The summed E-state index contributed by atoms with van der Waals surface area (Å²) in [6.45, 7) is 1.87. The molecule has 0 aliphatic heterocycles. The van der Waals surface area contributed by atoms with Crippen LogP contribution in [0.3, 0.4) is 0 Å². The summed E-state index contributed by atoms with van der Waals surface area (Å²) in [5.41, 5.74) is 7.46. The Labute approximate surface area is 60.7 Å². The summed E-state index contributed by atoms with van der Waals surface area (Å²) in [7, 11) is 0. The van der Waals surface area contributed by atoms with E-state index in [-0.39, 0.29) is 12.0 Å². The molecule has 0 aromatic carbocycles. The van der Waals surface area contributed by atoms with Gasteiger partial charge >= 0.3 is 0 Å². The summed E-state index contributed by atoms with van der Waals surface area (Å²) in [5.74, 6) is 7.64. The van der Waals surface area contributed by atoms with Gasteiger partial charge in [0, 0.05) is 6.42 Å². The zero-order chi connectivity index (χ0) is 7.98. The number of guanidine groups is 1. The molecule has 5 N–H and O–H groups in total. The van der Waals surface area contributed by atoms with Gasteiger partial charge in [-0.05, 0) is 6.92 Å². The van der Waals surface area contributed by atoms with Gasteiger partial charge in [-0.3, -0.25) is 5.43 Å². The maximum absolute atomic E-state index is 5.25. The maximum atomic E-state index is 5.25. The average Bonchev–Trinajstić information content (AvgIpc) is 1.88. The van der Waals surface area contributed by atoms with Crippen LogP contribution in [0.25, 0.3) is 0 Å². The fourth-order valence-electron chi connectivity index (χ4n) is 0.491. The smallest absolute Gasteiger partial charge is 0.203 e. The van der Waals surface area contributed by atoms with Crippen molar-refractivity contribution >= 4 is 5.96 Å². The van der Waals surface area contributed by atoms with Gasteiger partial charge in [-0.1, -0.05) is 0 Å². The van der Waals surface area contributed by atoms with E-state index in [2.05, 4.69) is 16.3 Å². The molecule has 0 aromatic heterocycles. The molecule has 56 valence electrons. The zero-order valence-corrected chi connectivity index (χ0v) is 5.96. The predicted octanol–water partition coefficient (Wildman–Crippen LogP) is -0.824. The molecule has 0 saturated carbocycles. The van der Waals surface area contributed by atoms with Crippen LogP contribution >= 0.6 is 0 Å². The minimum atomic E-state index is 0.0287. The van der Waals surface area contributed by atoms with Gasteiger partial charge in [0.1, 0.15) is 0 Å². The fourth-order valence-corrected chi connectivity index (χ4v) is 0.491. The van der Waals surface area contributed by atoms with Crippen molar-refractivity contribution in [1.29, 1.82) is 0 Å². The predicted molar refractivity (Wildman–Crippen MR) is 41.9 cm³/mol. The molecular formula is C6H12N4. The summed E-state index contributed by atoms with van der Waals surface area (Å²) in [4.78, 5) is 3.90. The molecule has 0 spiro atoms. The number of nitrogens with zero attached hydrogens (tertiary/aromatic N) is 1. The van der Waals surface area contributed by atoms with Gasteiger partial charge in [0.2, 0.25) is 5.96 Å². The summed E-state index contributed by atoms with van der Waals surface area (Å²) in [5, 5.41) is 0.